The number of aryl methyl sites for hydroxylation is 1. The molecule has 2 aliphatic heterocycles. The minimum Gasteiger partial charge on any atom is -0.472 e. The van der Waals surface area contributed by atoms with Crippen molar-refractivity contribution in [2.24, 2.45) is 0 Å². The molecule has 108 valence electrons. The molecule has 2 heterocycles. The van der Waals surface area contributed by atoms with Crippen LogP contribution in [-0.4, -0.2) is 48.0 Å². The van der Waals surface area contributed by atoms with Crippen molar-refractivity contribution in [1.82, 2.24) is 4.90 Å². The number of carbonyl (C=O) groups excluding carboxylic acids is 1. The Morgan fingerprint density at radius 1 is 1.45 bits per heavy atom. The minimum absolute atomic E-state index is 0.124. The summed E-state index contributed by atoms with van der Waals surface area (Å²) >= 11 is 3.43. The molecule has 0 bridgehead atoms. The molecule has 0 spiro atoms. The van der Waals surface area contributed by atoms with Crippen LogP contribution in [0, 0.1) is 6.92 Å². The van der Waals surface area contributed by atoms with Crippen molar-refractivity contribution in [3.63, 3.8) is 0 Å². The first kappa shape index (κ1) is 13.9. The molecule has 0 aliphatic carbocycles. The lowest BCUT2D eigenvalue weighted by molar-refractivity contribution is -0.0696. The molecule has 1 fully saturated rings. The van der Waals surface area contributed by atoms with Crippen LogP contribution in [0.5, 0.6) is 5.75 Å². The molecule has 2 aliphatic rings. The zero-order valence-corrected chi connectivity index (χ0v) is 12.7. The first-order valence-electron chi connectivity index (χ1n) is 6.57. The highest BCUT2D eigenvalue weighted by atomic mass is 79.9. The number of amides is 1. The van der Waals surface area contributed by atoms with Crippen molar-refractivity contribution >= 4 is 21.8 Å². The van der Waals surface area contributed by atoms with Gasteiger partial charge in [-0.1, -0.05) is 15.9 Å². The second-order valence-electron chi connectivity index (χ2n) is 5.14. The third kappa shape index (κ3) is 2.32. The highest BCUT2D eigenvalue weighted by Crippen LogP contribution is 2.32. The Balaban J connectivity index is 1.90. The second kappa shape index (κ2) is 5.35. The molecule has 1 N–H and O–H groups in total. The number of ether oxygens (including phenoxy) is 2. The van der Waals surface area contributed by atoms with Crippen LogP contribution >= 0.6 is 15.9 Å². The van der Waals surface area contributed by atoms with E-state index >= 15 is 0 Å². The summed E-state index contributed by atoms with van der Waals surface area (Å²) in [5.41, 5.74) is 1.54. The third-order valence-corrected chi connectivity index (χ3v) is 4.66. The van der Waals surface area contributed by atoms with Gasteiger partial charge in [-0.25, -0.2) is 0 Å². The van der Waals surface area contributed by atoms with Gasteiger partial charge in [0.25, 0.3) is 5.91 Å². The summed E-state index contributed by atoms with van der Waals surface area (Å²) in [5, 5.41) is 10.0. The summed E-state index contributed by atoms with van der Waals surface area (Å²) in [5.74, 6) is 0.472. The Bertz CT molecular complexity index is 548. The average molecular weight is 342 g/mol. The van der Waals surface area contributed by atoms with Crippen LogP contribution in [0.15, 0.2) is 16.6 Å². The zero-order valence-electron chi connectivity index (χ0n) is 11.1. The Morgan fingerprint density at radius 2 is 2.25 bits per heavy atom. The van der Waals surface area contributed by atoms with E-state index < -0.39 is 6.10 Å². The number of rotatable bonds is 1. The first-order valence-corrected chi connectivity index (χ1v) is 7.37. The molecule has 5 nitrogen and oxygen atoms in total. The minimum atomic E-state index is -0.563. The Kier molecular flexibility index (Phi) is 3.70. The maximum atomic E-state index is 12.6. The van der Waals surface area contributed by atoms with E-state index in [2.05, 4.69) is 15.9 Å². The number of hydrogen-bond acceptors (Lipinski definition) is 4. The molecule has 1 saturated heterocycles. The maximum Gasteiger partial charge on any atom is 0.260 e. The van der Waals surface area contributed by atoms with E-state index in [4.69, 9.17) is 9.47 Å². The summed E-state index contributed by atoms with van der Waals surface area (Å²) in [6, 6.07) is 3.28. The van der Waals surface area contributed by atoms with E-state index in [1.165, 1.54) is 0 Å². The number of aliphatic hydroxyl groups is 1. The molecular formula is C14H16BrNO4. The van der Waals surface area contributed by atoms with Gasteiger partial charge in [0.2, 0.25) is 0 Å². The summed E-state index contributed by atoms with van der Waals surface area (Å²) in [6.45, 7) is 2.97. The Labute approximate surface area is 125 Å². The number of carbonyl (C=O) groups is 1. The van der Waals surface area contributed by atoms with Crippen LogP contribution < -0.4 is 4.74 Å². The van der Waals surface area contributed by atoms with Crippen LogP contribution in [0.1, 0.15) is 22.3 Å². The number of nitrogens with zero attached hydrogens (tertiary/aromatic N) is 1. The molecule has 0 radical (unpaired) electrons. The average Bonchev–Trinajstić information content (AvgIpc) is 2.43. The summed E-state index contributed by atoms with van der Waals surface area (Å²) < 4.78 is 11.9. The predicted molar refractivity (Wildman–Crippen MR) is 75.8 cm³/mol. The molecule has 0 unspecified atom stereocenters. The molecular weight excluding hydrogens is 326 g/mol. The van der Waals surface area contributed by atoms with Gasteiger partial charge >= 0.3 is 0 Å². The number of hydrogen-bond donors (Lipinski definition) is 1. The fourth-order valence-corrected chi connectivity index (χ4v) is 2.89. The molecule has 20 heavy (non-hydrogen) atoms. The zero-order chi connectivity index (χ0) is 14.3. The first-order chi connectivity index (χ1) is 9.58. The molecule has 6 heteroatoms. The van der Waals surface area contributed by atoms with Gasteiger partial charge in [-0.3, -0.25) is 9.69 Å². The normalized spacial score (nSPS) is 26.1. The lowest BCUT2D eigenvalue weighted by Gasteiger charge is -2.39. The lowest BCUT2D eigenvalue weighted by atomic mass is 10.0. The van der Waals surface area contributed by atoms with Gasteiger partial charge in [-0.2, -0.15) is 0 Å². The van der Waals surface area contributed by atoms with E-state index in [1.54, 1.807) is 11.0 Å². The van der Waals surface area contributed by atoms with E-state index in [1.807, 2.05) is 13.0 Å². The predicted octanol–water partition coefficient (Wildman–Crippen LogP) is 1.70. The van der Waals surface area contributed by atoms with Gasteiger partial charge in [-0.15, -0.1) is 0 Å². The van der Waals surface area contributed by atoms with Crippen LogP contribution in [-0.2, 0) is 4.74 Å². The summed E-state index contributed by atoms with van der Waals surface area (Å²) in [7, 11) is 0. The highest BCUT2D eigenvalue weighted by molar-refractivity contribution is 9.10. The summed E-state index contributed by atoms with van der Waals surface area (Å²) in [4.78, 5) is 14.1. The van der Waals surface area contributed by atoms with Crippen molar-refractivity contribution in [2.45, 2.75) is 25.5 Å². The molecule has 0 saturated carbocycles. The molecule has 1 amide bonds. The van der Waals surface area contributed by atoms with Gasteiger partial charge in [0.1, 0.15) is 5.75 Å². The second-order valence-corrected chi connectivity index (χ2v) is 6.00. The molecule has 2 atom stereocenters. The molecule has 3 rings (SSSR count). The lowest BCUT2D eigenvalue weighted by Crippen LogP contribution is -2.54. The van der Waals surface area contributed by atoms with Gasteiger partial charge in [-0.05, 0) is 31.0 Å². The van der Waals surface area contributed by atoms with E-state index in [0.29, 0.717) is 30.9 Å². The van der Waals surface area contributed by atoms with Gasteiger partial charge in [0, 0.05) is 11.1 Å². The van der Waals surface area contributed by atoms with Crippen molar-refractivity contribution in [2.75, 3.05) is 19.9 Å². The smallest absolute Gasteiger partial charge is 0.260 e. The van der Waals surface area contributed by atoms with Gasteiger partial charge in [0.05, 0.1) is 24.3 Å². The SMILES string of the molecule is Cc1cc2c(cc1Br)C(=O)N([C@H]1COCC[C@@H]1O)CO2. The van der Waals surface area contributed by atoms with Crippen molar-refractivity contribution in [3.05, 3.63) is 27.7 Å². The fourth-order valence-electron chi connectivity index (χ4n) is 2.55. The van der Waals surface area contributed by atoms with E-state index in [9.17, 15) is 9.90 Å². The topological polar surface area (TPSA) is 59.0 Å². The quantitative estimate of drug-likeness (QED) is 0.844. The monoisotopic (exact) mass is 341 g/mol. The summed E-state index contributed by atoms with van der Waals surface area (Å²) in [6.07, 6.45) is -0.0226. The van der Waals surface area contributed by atoms with Crippen molar-refractivity contribution in [1.29, 1.82) is 0 Å². The number of halogens is 1. The standard InChI is InChI=1S/C14H16BrNO4/c1-8-4-13-9(5-10(8)15)14(18)16(7-20-13)11-6-19-3-2-12(11)17/h4-5,11-12,17H,2-3,6-7H2,1H3/t11-,12-/m0/s1. The Hall–Kier alpha value is -1.11. The van der Waals surface area contributed by atoms with Crippen molar-refractivity contribution < 1.29 is 19.4 Å². The van der Waals surface area contributed by atoms with E-state index in [-0.39, 0.29) is 18.7 Å². The molecule has 1 aromatic carbocycles. The third-order valence-electron chi connectivity index (χ3n) is 3.80. The van der Waals surface area contributed by atoms with Gasteiger partial charge in [0.15, 0.2) is 6.73 Å². The van der Waals surface area contributed by atoms with Crippen LogP contribution in [0.4, 0.5) is 0 Å². The van der Waals surface area contributed by atoms with E-state index in [0.717, 1.165) is 10.0 Å². The number of aliphatic hydroxyl groups excluding tert-OH is 1. The number of fused-ring (bicyclic) bond motifs is 1. The van der Waals surface area contributed by atoms with Crippen LogP contribution in [0.2, 0.25) is 0 Å². The van der Waals surface area contributed by atoms with Crippen LogP contribution in [0.25, 0.3) is 0 Å². The molecule has 0 aromatic heterocycles. The fraction of sp³-hybridized carbons (Fsp3) is 0.500. The van der Waals surface area contributed by atoms with Crippen LogP contribution in [0.3, 0.4) is 0 Å². The van der Waals surface area contributed by atoms with Crippen molar-refractivity contribution in [3.8, 4) is 5.75 Å². The van der Waals surface area contributed by atoms with Gasteiger partial charge < -0.3 is 14.6 Å². The Morgan fingerprint density at radius 3 is 3.00 bits per heavy atom. The molecule has 1 aromatic rings. The highest BCUT2D eigenvalue weighted by Gasteiger charge is 2.37. The largest absolute Gasteiger partial charge is 0.472 e. The number of benzene rings is 1. The maximum absolute atomic E-state index is 12.6.